The molecule has 1 saturated heterocycles. The number of carbonyl (C=O) groups is 3. The van der Waals surface area contributed by atoms with Crippen molar-refractivity contribution in [3.05, 3.63) is 59.7 Å². The normalized spacial score (nSPS) is 16.9. The number of benzene rings is 2. The van der Waals surface area contributed by atoms with Crippen LogP contribution in [0.3, 0.4) is 0 Å². The van der Waals surface area contributed by atoms with E-state index < -0.39 is 29.7 Å². The summed E-state index contributed by atoms with van der Waals surface area (Å²) in [5, 5.41) is 23.5. The highest BCUT2D eigenvalue weighted by molar-refractivity contribution is 5.88. The van der Waals surface area contributed by atoms with Crippen molar-refractivity contribution in [2.75, 3.05) is 13.1 Å². The fourth-order valence-corrected chi connectivity index (χ4v) is 4.16. The van der Waals surface area contributed by atoms with Gasteiger partial charge in [-0.15, -0.1) is 0 Å². The van der Waals surface area contributed by atoms with E-state index in [0.29, 0.717) is 17.1 Å². The van der Waals surface area contributed by atoms with Crippen molar-refractivity contribution in [3.63, 3.8) is 0 Å². The molecule has 0 saturated carbocycles. The summed E-state index contributed by atoms with van der Waals surface area (Å²) < 4.78 is 69.5. The second-order valence-corrected chi connectivity index (χ2v) is 9.03. The van der Waals surface area contributed by atoms with Crippen molar-refractivity contribution in [2.45, 2.75) is 63.7 Å². The summed E-state index contributed by atoms with van der Waals surface area (Å²) in [7, 11) is 0. The van der Waals surface area contributed by atoms with Crippen molar-refractivity contribution in [1.29, 1.82) is 5.26 Å². The number of nitriles is 1. The maximum Gasteiger partial charge on any atom is 0.490 e. The van der Waals surface area contributed by atoms with Crippen LogP contribution < -0.4 is 4.74 Å². The van der Waals surface area contributed by atoms with Crippen molar-refractivity contribution < 1.29 is 55.7 Å². The molecule has 2 N–H and O–H groups in total. The number of halogens is 6. The third-order valence-electron chi connectivity index (χ3n) is 6.18. The van der Waals surface area contributed by atoms with Crippen LogP contribution in [0.25, 0.3) is 0 Å². The highest BCUT2D eigenvalue weighted by Crippen LogP contribution is 2.39. The minimum Gasteiger partial charge on any atom is -0.475 e. The number of carboxylic acids is 2. The van der Waals surface area contributed by atoms with Crippen molar-refractivity contribution >= 4 is 17.8 Å². The van der Waals surface area contributed by atoms with E-state index in [1.54, 1.807) is 12.1 Å². The monoisotopic (exact) mass is 604 g/mol. The Hall–Kier alpha value is -4.28. The zero-order valence-electron chi connectivity index (χ0n) is 22.8. The van der Waals surface area contributed by atoms with Crippen molar-refractivity contribution in [2.24, 2.45) is 0 Å². The van der Waals surface area contributed by atoms with Gasteiger partial charge in [-0.05, 0) is 55.5 Å². The number of likely N-dealkylation sites (tertiary alicyclic amines) is 1. The summed E-state index contributed by atoms with van der Waals surface area (Å²) in [5.41, 5.74) is 1.01. The second kappa shape index (κ2) is 15.6. The van der Waals surface area contributed by atoms with E-state index >= 15 is 0 Å². The number of hydrogen-bond acceptors (Lipinski definition) is 5. The van der Waals surface area contributed by atoms with Crippen LogP contribution in [0, 0.1) is 11.3 Å². The van der Waals surface area contributed by atoms with Gasteiger partial charge in [0.15, 0.2) is 0 Å². The molecule has 1 amide bonds. The average molecular weight is 605 g/mol. The zero-order chi connectivity index (χ0) is 32.1. The van der Waals surface area contributed by atoms with Gasteiger partial charge < -0.3 is 19.8 Å². The molecule has 14 heteroatoms. The van der Waals surface area contributed by atoms with Gasteiger partial charge in [-0.1, -0.05) is 44.5 Å². The molecule has 1 atom stereocenters. The van der Waals surface area contributed by atoms with E-state index in [4.69, 9.17) is 24.5 Å². The van der Waals surface area contributed by atoms with Crippen LogP contribution in [-0.4, -0.2) is 58.4 Å². The van der Waals surface area contributed by atoms with Crippen LogP contribution in [0.5, 0.6) is 11.5 Å². The molecule has 0 aromatic heterocycles. The first-order valence-corrected chi connectivity index (χ1v) is 12.7. The largest absolute Gasteiger partial charge is 0.490 e. The Balaban J connectivity index is 0.000000522. The summed E-state index contributed by atoms with van der Waals surface area (Å²) in [6.45, 7) is 5.88. The van der Waals surface area contributed by atoms with Gasteiger partial charge in [-0.2, -0.15) is 31.6 Å². The molecule has 0 aliphatic carbocycles. The maximum absolute atomic E-state index is 13.5. The molecule has 2 aromatic carbocycles. The van der Waals surface area contributed by atoms with Crippen LogP contribution in [0.1, 0.15) is 57.1 Å². The summed E-state index contributed by atoms with van der Waals surface area (Å²) in [4.78, 5) is 33.3. The Morgan fingerprint density at radius 3 is 2.05 bits per heavy atom. The highest BCUT2D eigenvalue weighted by atomic mass is 19.4. The fourth-order valence-electron chi connectivity index (χ4n) is 4.16. The molecule has 0 radical (unpaired) electrons. The quantitative estimate of drug-likeness (QED) is 0.352. The van der Waals surface area contributed by atoms with E-state index in [2.05, 4.69) is 19.9 Å². The molecule has 8 nitrogen and oxygen atoms in total. The highest BCUT2D eigenvalue weighted by Gasteiger charge is 2.42. The number of ether oxygens (including phenoxy) is 1. The number of rotatable bonds is 6. The standard InChI is InChI=1S/C24H28N2O2.2C2HF3O2/c1-3-15-26-16-8-7-14-24(4-2,23(26)27)20-11-9-12-21(17-20)28-22-13-6-5-10-19(22)18-25;2*3-2(4,5)1(6)7/h5-6,9-13,17H,3-4,7-8,14-16H2,1-2H3;2*(H,6,7). The Kier molecular flexibility index (Phi) is 13.3. The second-order valence-electron chi connectivity index (χ2n) is 9.03. The molecule has 42 heavy (non-hydrogen) atoms. The molecular weight excluding hydrogens is 574 g/mol. The molecule has 1 unspecified atom stereocenters. The van der Waals surface area contributed by atoms with Gasteiger partial charge in [0, 0.05) is 13.1 Å². The molecule has 1 heterocycles. The van der Waals surface area contributed by atoms with Gasteiger partial charge in [0.1, 0.15) is 17.6 Å². The predicted octanol–water partition coefficient (Wildman–Crippen LogP) is 6.69. The molecule has 1 aliphatic heterocycles. The van der Waals surface area contributed by atoms with Gasteiger partial charge in [0.25, 0.3) is 0 Å². The molecule has 1 fully saturated rings. The molecule has 3 rings (SSSR count). The topological polar surface area (TPSA) is 128 Å². The van der Waals surface area contributed by atoms with E-state index in [1.807, 2.05) is 41.3 Å². The van der Waals surface area contributed by atoms with Crippen LogP contribution in [0.15, 0.2) is 48.5 Å². The van der Waals surface area contributed by atoms with E-state index in [0.717, 1.165) is 50.8 Å². The maximum atomic E-state index is 13.5. The predicted molar refractivity (Wildman–Crippen MR) is 138 cm³/mol. The Morgan fingerprint density at radius 1 is 0.976 bits per heavy atom. The lowest BCUT2D eigenvalue weighted by Crippen LogP contribution is -2.45. The minimum atomic E-state index is -5.08. The van der Waals surface area contributed by atoms with Crippen molar-refractivity contribution in [1.82, 2.24) is 4.90 Å². The van der Waals surface area contributed by atoms with Crippen LogP contribution in [0.4, 0.5) is 26.3 Å². The number of carboxylic acid groups (broad SMARTS) is 2. The molecule has 0 bridgehead atoms. The Labute approximate surface area is 238 Å². The van der Waals surface area contributed by atoms with E-state index in [1.165, 1.54) is 0 Å². The molecule has 230 valence electrons. The first-order chi connectivity index (χ1) is 19.5. The number of alkyl halides is 6. The van der Waals surface area contributed by atoms with Gasteiger partial charge >= 0.3 is 24.3 Å². The summed E-state index contributed by atoms with van der Waals surface area (Å²) >= 11 is 0. The van der Waals surface area contributed by atoms with Crippen molar-refractivity contribution in [3.8, 4) is 17.6 Å². The number of nitrogens with zero attached hydrogens (tertiary/aromatic N) is 2. The number of aliphatic carboxylic acids is 2. The summed E-state index contributed by atoms with van der Waals surface area (Å²) in [6, 6.07) is 17.2. The third kappa shape index (κ3) is 10.3. The molecule has 2 aromatic rings. The van der Waals surface area contributed by atoms with Crippen LogP contribution in [0.2, 0.25) is 0 Å². The van der Waals surface area contributed by atoms with Gasteiger partial charge in [-0.25, -0.2) is 9.59 Å². The van der Waals surface area contributed by atoms with E-state index in [9.17, 15) is 36.4 Å². The lowest BCUT2D eigenvalue weighted by molar-refractivity contribution is -0.193. The smallest absolute Gasteiger partial charge is 0.475 e. The van der Waals surface area contributed by atoms with Crippen LogP contribution in [-0.2, 0) is 19.8 Å². The van der Waals surface area contributed by atoms with Gasteiger partial charge in [0.2, 0.25) is 5.91 Å². The van der Waals surface area contributed by atoms with Gasteiger partial charge in [-0.3, -0.25) is 4.79 Å². The minimum absolute atomic E-state index is 0.240. The Bertz CT molecular complexity index is 1230. The Morgan fingerprint density at radius 2 is 1.55 bits per heavy atom. The zero-order valence-corrected chi connectivity index (χ0v) is 22.8. The van der Waals surface area contributed by atoms with E-state index in [-0.39, 0.29) is 5.91 Å². The summed E-state index contributed by atoms with van der Waals surface area (Å²) in [5.74, 6) is -4.08. The first kappa shape index (κ1) is 35.7. The number of amides is 1. The SMILES string of the molecule is CCCN1CCCCC(CC)(c2cccc(Oc3ccccc3C#N)c2)C1=O.O=C(O)C(F)(F)F.O=C(O)C(F)(F)F. The number of carbonyl (C=O) groups excluding carboxylic acids is 1. The first-order valence-electron chi connectivity index (χ1n) is 12.7. The van der Waals surface area contributed by atoms with Crippen LogP contribution >= 0.6 is 0 Å². The molecule has 1 aliphatic rings. The molecule has 0 spiro atoms. The lowest BCUT2D eigenvalue weighted by Gasteiger charge is -2.35. The fraction of sp³-hybridized carbons (Fsp3) is 0.429. The summed E-state index contributed by atoms with van der Waals surface area (Å²) in [6.07, 6.45) is -5.47. The lowest BCUT2D eigenvalue weighted by atomic mass is 9.73. The number of hydrogen-bond donors (Lipinski definition) is 2. The third-order valence-corrected chi connectivity index (χ3v) is 6.18. The average Bonchev–Trinajstić information content (AvgIpc) is 3.08. The molecular formula is C28H30F6N2O6. The van der Waals surface area contributed by atoms with Gasteiger partial charge in [0.05, 0.1) is 11.0 Å². The number of para-hydroxylation sites is 1.